The number of nitrogens with one attached hydrogen (secondary N) is 1. The molecule has 0 atom stereocenters. The molecule has 0 aliphatic heterocycles. The maximum Gasteiger partial charge on any atom is 0.316 e. The lowest BCUT2D eigenvalue weighted by molar-refractivity contribution is -0.729. The van der Waals surface area contributed by atoms with Gasteiger partial charge < -0.3 is 0 Å². The second kappa shape index (κ2) is 4.37. The van der Waals surface area contributed by atoms with Crippen LogP contribution in [0.15, 0.2) is 24.3 Å². The molecule has 6 nitrogen and oxygen atoms in total. The van der Waals surface area contributed by atoms with E-state index >= 15 is 0 Å². The first-order chi connectivity index (χ1) is 6.94. The van der Waals surface area contributed by atoms with Crippen molar-refractivity contribution in [2.45, 2.75) is 5.75 Å². The SMILES string of the molecule is CNS(=O)(=O)Cc1cccc([N+](=O)O)c1. The van der Waals surface area contributed by atoms with E-state index in [9.17, 15) is 13.3 Å². The third-order valence-electron chi connectivity index (χ3n) is 1.80. The molecule has 0 saturated heterocycles. The standard InChI is InChI=1S/C8H11N2O4S/c1-9-15(13,14)6-7-3-2-4-8(5-7)10(11)12/h2-5,9H,6H2,1H3,(H,11,12)/q+1. The summed E-state index contributed by atoms with van der Waals surface area (Å²) in [4.78, 5) is 10.2. The van der Waals surface area contributed by atoms with Crippen molar-refractivity contribution in [3.63, 3.8) is 0 Å². The highest BCUT2D eigenvalue weighted by molar-refractivity contribution is 7.88. The molecule has 0 aliphatic carbocycles. The predicted octanol–water partition coefficient (Wildman–Crippen LogP) is 0.535. The van der Waals surface area contributed by atoms with Gasteiger partial charge in [-0.05, 0) is 12.6 Å². The van der Waals surface area contributed by atoms with E-state index in [-0.39, 0.29) is 16.4 Å². The zero-order chi connectivity index (χ0) is 11.5. The minimum Gasteiger partial charge on any atom is -0.241 e. The molecule has 0 saturated carbocycles. The summed E-state index contributed by atoms with van der Waals surface area (Å²) in [5.74, 6) is -0.231. The van der Waals surface area contributed by atoms with Crippen LogP contribution in [0.5, 0.6) is 0 Å². The Bertz CT molecular complexity index is 469. The minimum atomic E-state index is -3.37. The summed E-state index contributed by atoms with van der Waals surface area (Å²) in [7, 11) is -2.06. The number of hydrogen-bond donors (Lipinski definition) is 2. The first-order valence-corrected chi connectivity index (χ1v) is 5.76. The highest BCUT2D eigenvalue weighted by Crippen LogP contribution is 2.14. The molecule has 0 aromatic heterocycles. The fourth-order valence-electron chi connectivity index (χ4n) is 1.06. The molecule has 1 rings (SSSR count). The fraction of sp³-hybridized carbons (Fsp3) is 0.250. The number of nitrogens with zero attached hydrogens (tertiary/aromatic N) is 1. The molecule has 0 fully saturated rings. The molecular weight excluding hydrogens is 220 g/mol. The van der Waals surface area contributed by atoms with Crippen molar-refractivity contribution in [1.82, 2.24) is 4.72 Å². The smallest absolute Gasteiger partial charge is 0.241 e. The first kappa shape index (κ1) is 11.6. The van der Waals surface area contributed by atoms with E-state index in [2.05, 4.69) is 4.72 Å². The average molecular weight is 231 g/mol. The van der Waals surface area contributed by atoms with Gasteiger partial charge in [-0.2, -0.15) is 0 Å². The second-order valence-corrected chi connectivity index (χ2v) is 4.83. The Morgan fingerprint density at radius 3 is 2.67 bits per heavy atom. The molecule has 0 heterocycles. The van der Waals surface area contributed by atoms with Crippen LogP contribution in [-0.2, 0) is 15.8 Å². The summed E-state index contributed by atoms with van der Waals surface area (Å²) in [6.07, 6.45) is 0. The lowest BCUT2D eigenvalue weighted by Crippen LogP contribution is -2.20. The van der Waals surface area contributed by atoms with Crippen LogP contribution in [0.4, 0.5) is 5.69 Å². The van der Waals surface area contributed by atoms with Crippen LogP contribution >= 0.6 is 0 Å². The van der Waals surface area contributed by atoms with Crippen LogP contribution in [0.3, 0.4) is 0 Å². The van der Waals surface area contributed by atoms with Crippen molar-refractivity contribution in [3.8, 4) is 0 Å². The van der Waals surface area contributed by atoms with Gasteiger partial charge in [0.25, 0.3) is 4.92 Å². The monoisotopic (exact) mass is 231 g/mol. The Kier molecular flexibility index (Phi) is 3.38. The van der Waals surface area contributed by atoms with Gasteiger partial charge in [0.1, 0.15) is 0 Å². The molecule has 0 bridgehead atoms. The van der Waals surface area contributed by atoms with E-state index < -0.39 is 10.0 Å². The van der Waals surface area contributed by atoms with Gasteiger partial charge in [-0.1, -0.05) is 12.1 Å². The molecule has 7 heteroatoms. The largest absolute Gasteiger partial charge is 0.316 e. The van der Waals surface area contributed by atoms with Gasteiger partial charge in [-0.3, -0.25) is 0 Å². The Morgan fingerprint density at radius 1 is 1.47 bits per heavy atom. The van der Waals surface area contributed by atoms with Gasteiger partial charge in [0.05, 0.1) is 10.7 Å². The Morgan fingerprint density at radius 2 is 2.13 bits per heavy atom. The molecule has 2 N–H and O–H groups in total. The van der Waals surface area contributed by atoms with E-state index in [1.165, 1.54) is 25.2 Å². The maximum absolute atomic E-state index is 11.2. The van der Waals surface area contributed by atoms with E-state index in [1.807, 2.05) is 0 Å². The van der Waals surface area contributed by atoms with Crippen molar-refractivity contribution in [3.05, 3.63) is 34.7 Å². The number of benzene rings is 1. The normalized spacial score (nSPS) is 11.3. The van der Waals surface area contributed by atoms with Crippen LogP contribution in [-0.4, -0.2) is 25.6 Å². The van der Waals surface area contributed by atoms with Gasteiger partial charge in [-0.15, -0.1) is 0 Å². The van der Waals surface area contributed by atoms with E-state index in [4.69, 9.17) is 5.21 Å². The van der Waals surface area contributed by atoms with Gasteiger partial charge in [-0.25, -0.2) is 18.3 Å². The Hall–Kier alpha value is -1.47. The summed E-state index contributed by atoms with van der Waals surface area (Å²) in [5, 5.41) is 8.62. The quantitative estimate of drug-likeness (QED) is 0.740. The summed E-state index contributed by atoms with van der Waals surface area (Å²) in [6, 6.07) is 5.74. The van der Waals surface area contributed by atoms with Crippen LogP contribution in [0, 0.1) is 4.91 Å². The fourth-order valence-corrected chi connectivity index (χ4v) is 1.82. The van der Waals surface area contributed by atoms with Crippen molar-refractivity contribution in [2.24, 2.45) is 0 Å². The number of hydrogen-bond acceptors (Lipinski definition) is 3. The summed E-state index contributed by atoms with van der Waals surface area (Å²) in [6.45, 7) is 0. The molecule has 82 valence electrons. The van der Waals surface area contributed by atoms with Crippen LogP contribution in [0.25, 0.3) is 0 Å². The van der Waals surface area contributed by atoms with Gasteiger partial charge in [0.2, 0.25) is 10.0 Å². The summed E-state index contributed by atoms with van der Waals surface area (Å²) < 4.78 is 24.5. The first-order valence-electron chi connectivity index (χ1n) is 4.11. The number of rotatable bonds is 4. The van der Waals surface area contributed by atoms with Crippen LogP contribution in [0.1, 0.15) is 5.56 Å². The van der Waals surface area contributed by atoms with Crippen molar-refractivity contribution in [1.29, 1.82) is 0 Å². The molecule has 0 radical (unpaired) electrons. The lowest BCUT2D eigenvalue weighted by Gasteiger charge is -2.01. The molecule has 0 aliphatic rings. The predicted molar refractivity (Wildman–Crippen MR) is 53.2 cm³/mol. The molecule has 0 amide bonds. The van der Waals surface area contributed by atoms with Crippen molar-refractivity contribution >= 4 is 15.7 Å². The number of sulfonamides is 1. The van der Waals surface area contributed by atoms with Gasteiger partial charge in [0, 0.05) is 12.1 Å². The van der Waals surface area contributed by atoms with Crippen molar-refractivity contribution < 1.29 is 18.5 Å². The van der Waals surface area contributed by atoms with E-state index in [0.717, 1.165) is 0 Å². The van der Waals surface area contributed by atoms with E-state index in [0.29, 0.717) is 5.56 Å². The molecular formula is C8H11N2O4S+. The van der Waals surface area contributed by atoms with Gasteiger partial charge in [0.15, 0.2) is 0 Å². The second-order valence-electron chi connectivity index (χ2n) is 2.91. The average Bonchev–Trinajstić information content (AvgIpc) is 2.17. The third-order valence-corrected chi connectivity index (χ3v) is 3.13. The Balaban J connectivity index is 2.97. The minimum absolute atomic E-state index is 0.00111. The van der Waals surface area contributed by atoms with Crippen LogP contribution in [0.2, 0.25) is 0 Å². The topological polar surface area (TPSA) is 86.5 Å². The molecule has 1 aromatic carbocycles. The maximum atomic E-state index is 11.2. The molecule has 1 aromatic rings. The summed E-state index contributed by atoms with van der Waals surface area (Å²) in [5.41, 5.74) is 0.426. The van der Waals surface area contributed by atoms with Crippen molar-refractivity contribution in [2.75, 3.05) is 7.05 Å². The van der Waals surface area contributed by atoms with E-state index in [1.54, 1.807) is 6.07 Å². The zero-order valence-corrected chi connectivity index (χ0v) is 8.86. The molecule has 0 spiro atoms. The lowest BCUT2D eigenvalue weighted by atomic mass is 10.2. The molecule has 0 unspecified atom stereocenters. The highest BCUT2D eigenvalue weighted by Gasteiger charge is 2.14. The van der Waals surface area contributed by atoms with Crippen LogP contribution < -0.4 is 4.72 Å². The Labute approximate surface area is 87.1 Å². The zero-order valence-electron chi connectivity index (χ0n) is 8.04. The third kappa shape index (κ3) is 3.30. The van der Waals surface area contributed by atoms with Gasteiger partial charge >= 0.3 is 5.69 Å². The highest BCUT2D eigenvalue weighted by atomic mass is 32.2. The molecule has 15 heavy (non-hydrogen) atoms. The summed E-state index contributed by atoms with van der Waals surface area (Å²) >= 11 is 0.